The van der Waals surface area contributed by atoms with Crippen molar-refractivity contribution in [3.63, 3.8) is 0 Å². The number of rotatable bonds is 8. The second-order valence-electron chi connectivity index (χ2n) is 4.53. The molecule has 0 radical (unpaired) electrons. The zero-order chi connectivity index (χ0) is 16.5. The highest BCUT2D eigenvalue weighted by Gasteiger charge is 2.01. The second-order valence-corrected chi connectivity index (χ2v) is 5.58. The molecule has 5 nitrogen and oxygen atoms in total. The Labute approximate surface area is 139 Å². The van der Waals surface area contributed by atoms with Gasteiger partial charge in [-0.25, -0.2) is 0 Å². The van der Waals surface area contributed by atoms with Crippen molar-refractivity contribution < 1.29 is 14.3 Å². The van der Waals surface area contributed by atoms with Crippen molar-refractivity contribution in [3.05, 3.63) is 48.5 Å². The molecule has 0 aromatic heterocycles. The first-order valence-corrected chi connectivity index (χ1v) is 7.92. The van der Waals surface area contributed by atoms with E-state index in [-0.39, 0.29) is 5.78 Å². The van der Waals surface area contributed by atoms with E-state index in [1.807, 2.05) is 48.5 Å². The summed E-state index contributed by atoms with van der Waals surface area (Å²) in [6.45, 7) is 0. The molecular formula is C17H18N2O3S. The number of nitrogens with one attached hydrogen (secondary N) is 1. The molecule has 1 N–H and O–H groups in total. The normalized spacial score (nSPS) is 10.5. The standard InChI is InChI=1S/C17H18N2O3S/c1-21-15-8-6-13(7-9-15)19-18-11-14(20)12-23-17-5-3-4-16(10-17)22-2/h3-11,19H,12H2,1-2H3. The highest BCUT2D eigenvalue weighted by molar-refractivity contribution is 8.00. The average Bonchev–Trinajstić information content (AvgIpc) is 2.61. The maximum absolute atomic E-state index is 11.8. The van der Waals surface area contributed by atoms with Gasteiger partial charge in [0.25, 0.3) is 0 Å². The number of hydrogen-bond donors (Lipinski definition) is 1. The molecule has 0 aliphatic rings. The zero-order valence-corrected chi connectivity index (χ0v) is 13.8. The summed E-state index contributed by atoms with van der Waals surface area (Å²) in [5.74, 6) is 1.79. The number of ether oxygens (including phenoxy) is 2. The third kappa shape index (κ3) is 5.67. The molecule has 0 aliphatic carbocycles. The van der Waals surface area contributed by atoms with Gasteiger partial charge in [0, 0.05) is 4.90 Å². The third-order valence-electron chi connectivity index (χ3n) is 2.91. The predicted octanol–water partition coefficient (Wildman–Crippen LogP) is 3.46. The monoisotopic (exact) mass is 330 g/mol. The van der Waals surface area contributed by atoms with Crippen LogP contribution in [0.1, 0.15) is 0 Å². The minimum atomic E-state index is -0.0705. The fourth-order valence-electron chi connectivity index (χ4n) is 1.73. The molecule has 0 aliphatic heterocycles. The molecule has 2 rings (SSSR count). The first kappa shape index (κ1) is 16.9. The van der Waals surface area contributed by atoms with Gasteiger partial charge in [0.1, 0.15) is 11.5 Å². The van der Waals surface area contributed by atoms with E-state index < -0.39 is 0 Å². The molecule has 0 fully saturated rings. The Morgan fingerprint density at radius 2 is 1.87 bits per heavy atom. The van der Waals surface area contributed by atoms with Crippen molar-refractivity contribution in [1.82, 2.24) is 0 Å². The largest absolute Gasteiger partial charge is 0.497 e. The Kier molecular flexibility index (Phi) is 6.50. The van der Waals surface area contributed by atoms with Crippen LogP contribution in [0.5, 0.6) is 11.5 Å². The molecule has 0 spiro atoms. The van der Waals surface area contributed by atoms with Gasteiger partial charge in [-0.15, -0.1) is 11.8 Å². The van der Waals surface area contributed by atoms with Crippen LogP contribution in [-0.2, 0) is 4.79 Å². The number of hydrogen-bond acceptors (Lipinski definition) is 6. The maximum atomic E-state index is 11.8. The summed E-state index contributed by atoms with van der Waals surface area (Å²) >= 11 is 1.44. The van der Waals surface area contributed by atoms with Crippen LogP contribution in [-0.4, -0.2) is 32.0 Å². The number of ketones is 1. The minimum Gasteiger partial charge on any atom is -0.497 e. The Bertz CT molecular complexity index is 672. The van der Waals surface area contributed by atoms with Gasteiger partial charge in [-0.1, -0.05) is 6.07 Å². The van der Waals surface area contributed by atoms with E-state index in [9.17, 15) is 4.79 Å². The van der Waals surface area contributed by atoms with Gasteiger partial charge in [0.2, 0.25) is 0 Å². The van der Waals surface area contributed by atoms with Crippen molar-refractivity contribution in [2.45, 2.75) is 4.90 Å². The van der Waals surface area contributed by atoms with Gasteiger partial charge in [-0.3, -0.25) is 10.2 Å². The quantitative estimate of drug-likeness (QED) is 0.456. The average molecular weight is 330 g/mol. The number of benzene rings is 2. The first-order valence-electron chi connectivity index (χ1n) is 6.94. The van der Waals surface area contributed by atoms with Crippen LogP contribution < -0.4 is 14.9 Å². The smallest absolute Gasteiger partial charge is 0.185 e. The number of nitrogens with zero attached hydrogens (tertiary/aromatic N) is 1. The summed E-state index contributed by atoms with van der Waals surface area (Å²) in [5.41, 5.74) is 3.59. The lowest BCUT2D eigenvalue weighted by Gasteiger charge is -2.03. The van der Waals surface area contributed by atoms with Crippen molar-refractivity contribution >= 4 is 29.4 Å². The van der Waals surface area contributed by atoms with E-state index in [1.54, 1.807) is 14.2 Å². The Hall–Kier alpha value is -2.47. The lowest BCUT2D eigenvalue weighted by molar-refractivity contribution is -0.110. The molecule has 23 heavy (non-hydrogen) atoms. The number of Topliss-reactive ketones (excluding diaryl/α,β-unsaturated/α-hetero) is 1. The topological polar surface area (TPSA) is 59.9 Å². The molecule has 0 unspecified atom stereocenters. The van der Waals surface area contributed by atoms with Gasteiger partial charge < -0.3 is 9.47 Å². The van der Waals surface area contributed by atoms with E-state index in [0.717, 1.165) is 22.1 Å². The molecule has 0 saturated heterocycles. The summed E-state index contributed by atoms with van der Waals surface area (Å²) in [5, 5.41) is 3.94. The minimum absolute atomic E-state index is 0.0705. The predicted molar refractivity (Wildman–Crippen MR) is 93.8 cm³/mol. The molecule has 0 bridgehead atoms. The van der Waals surface area contributed by atoms with Gasteiger partial charge in [-0.05, 0) is 42.5 Å². The molecule has 0 heterocycles. The molecule has 6 heteroatoms. The highest BCUT2D eigenvalue weighted by atomic mass is 32.2. The van der Waals surface area contributed by atoms with Gasteiger partial charge in [0.05, 0.1) is 31.9 Å². The molecule has 0 amide bonds. The SMILES string of the molecule is COc1ccc(NN=CC(=O)CSc2cccc(OC)c2)cc1. The van der Waals surface area contributed by atoms with Crippen LogP contribution in [0.15, 0.2) is 58.5 Å². The van der Waals surface area contributed by atoms with Crippen LogP contribution in [0.3, 0.4) is 0 Å². The van der Waals surface area contributed by atoms with Crippen molar-refractivity contribution in [2.75, 3.05) is 25.4 Å². The summed E-state index contributed by atoms with van der Waals surface area (Å²) < 4.78 is 10.2. The third-order valence-corrected chi connectivity index (χ3v) is 3.93. The lowest BCUT2D eigenvalue weighted by Crippen LogP contribution is -2.04. The summed E-state index contributed by atoms with van der Waals surface area (Å²) in [4.78, 5) is 12.8. The van der Waals surface area contributed by atoms with E-state index in [1.165, 1.54) is 18.0 Å². The highest BCUT2D eigenvalue weighted by Crippen LogP contribution is 2.22. The van der Waals surface area contributed by atoms with Crippen LogP contribution >= 0.6 is 11.8 Å². The Balaban J connectivity index is 1.79. The lowest BCUT2D eigenvalue weighted by atomic mass is 10.3. The number of anilines is 1. The second kappa shape index (κ2) is 8.85. The van der Waals surface area contributed by atoms with Crippen molar-refractivity contribution in [2.24, 2.45) is 5.10 Å². The van der Waals surface area contributed by atoms with Gasteiger partial charge in [-0.2, -0.15) is 5.10 Å². The van der Waals surface area contributed by atoms with Crippen LogP contribution in [0.4, 0.5) is 5.69 Å². The van der Waals surface area contributed by atoms with Gasteiger partial charge >= 0.3 is 0 Å². The summed E-state index contributed by atoms with van der Waals surface area (Å²) in [6, 6.07) is 14.9. The molecule has 120 valence electrons. The summed E-state index contributed by atoms with van der Waals surface area (Å²) in [6.07, 6.45) is 1.29. The Morgan fingerprint density at radius 3 is 2.57 bits per heavy atom. The summed E-state index contributed by atoms with van der Waals surface area (Å²) in [7, 11) is 3.23. The zero-order valence-electron chi connectivity index (χ0n) is 13.0. The van der Waals surface area contributed by atoms with Gasteiger partial charge in [0.15, 0.2) is 5.78 Å². The fourth-order valence-corrected chi connectivity index (χ4v) is 2.48. The molecule has 0 atom stereocenters. The Morgan fingerprint density at radius 1 is 1.13 bits per heavy atom. The van der Waals surface area contributed by atoms with E-state index in [4.69, 9.17) is 9.47 Å². The molecule has 0 saturated carbocycles. The number of methoxy groups -OCH3 is 2. The van der Waals surface area contributed by atoms with Crippen LogP contribution in [0.2, 0.25) is 0 Å². The molecule has 2 aromatic carbocycles. The number of hydrazone groups is 1. The van der Waals surface area contributed by atoms with Crippen molar-refractivity contribution in [3.8, 4) is 11.5 Å². The molecule has 2 aromatic rings. The van der Waals surface area contributed by atoms with Crippen molar-refractivity contribution in [1.29, 1.82) is 0 Å². The number of carbonyl (C=O) groups is 1. The number of carbonyl (C=O) groups excluding carboxylic acids is 1. The first-order chi connectivity index (χ1) is 11.2. The van der Waals surface area contributed by atoms with E-state index in [0.29, 0.717) is 5.75 Å². The van der Waals surface area contributed by atoms with Crippen LogP contribution in [0.25, 0.3) is 0 Å². The van der Waals surface area contributed by atoms with Crippen LogP contribution in [0, 0.1) is 0 Å². The maximum Gasteiger partial charge on any atom is 0.185 e. The molecular weight excluding hydrogens is 312 g/mol. The van der Waals surface area contributed by atoms with E-state index in [2.05, 4.69) is 10.5 Å². The number of thioether (sulfide) groups is 1. The van der Waals surface area contributed by atoms with E-state index >= 15 is 0 Å². The fraction of sp³-hybridized carbons (Fsp3) is 0.176.